The van der Waals surface area contributed by atoms with Crippen LogP contribution in [0.2, 0.25) is 0 Å². The minimum atomic E-state index is -0.649. The van der Waals surface area contributed by atoms with E-state index in [0.29, 0.717) is 19.4 Å². The van der Waals surface area contributed by atoms with E-state index < -0.39 is 5.54 Å². The highest BCUT2D eigenvalue weighted by Crippen LogP contribution is 2.22. The van der Waals surface area contributed by atoms with Crippen LogP contribution in [0, 0.1) is 11.3 Å². The molecule has 0 saturated heterocycles. The van der Waals surface area contributed by atoms with E-state index >= 15 is 0 Å². The van der Waals surface area contributed by atoms with Gasteiger partial charge in [-0.2, -0.15) is 5.26 Å². The maximum atomic E-state index is 9.29. The van der Waals surface area contributed by atoms with Gasteiger partial charge < -0.3 is 9.84 Å². The third-order valence-electron chi connectivity index (χ3n) is 2.83. The normalized spacial score (nSPS) is 13.7. The van der Waals surface area contributed by atoms with Crippen LogP contribution in [0.1, 0.15) is 18.9 Å². The molecule has 0 saturated carbocycles. The average Bonchev–Trinajstić information content (AvgIpc) is 2.40. The van der Waals surface area contributed by atoms with Gasteiger partial charge in [-0.25, -0.2) is 0 Å². The highest BCUT2D eigenvalue weighted by Gasteiger charge is 2.24. The highest BCUT2D eigenvalue weighted by atomic mass is 16.5. The molecule has 98 valence electrons. The first kappa shape index (κ1) is 14.5. The molecule has 0 amide bonds. The second-order valence-corrected chi connectivity index (χ2v) is 4.44. The Bertz CT molecular complexity index is 415. The standard InChI is InChI=1S/C14H20N2O2/c1-14(11-15,16-8-5-9-17)10-12-6-3-4-7-13(12)18-2/h3-4,6-7,16-17H,5,8-10H2,1-2H3. The first-order chi connectivity index (χ1) is 8.65. The maximum absolute atomic E-state index is 9.29. The van der Waals surface area contributed by atoms with Gasteiger partial charge in [0.25, 0.3) is 0 Å². The summed E-state index contributed by atoms with van der Waals surface area (Å²) in [4.78, 5) is 0. The molecule has 1 atom stereocenters. The second-order valence-electron chi connectivity index (χ2n) is 4.44. The third kappa shape index (κ3) is 4.02. The zero-order chi connectivity index (χ0) is 13.4. The molecule has 0 fully saturated rings. The van der Waals surface area contributed by atoms with Gasteiger partial charge in [0.1, 0.15) is 11.3 Å². The largest absolute Gasteiger partial charge is 0.496 e. The molecule has 4 nitrogen and oxygen atoms in total. The van der Waals surface area contributed by atoms with Crippen LogP contribution in [-0.2, 0) is 6.42 Å². The molecule has 0 radical (unpaired) electrons. The molecule has 2 N–H and O–H groups in total. The van der Waals surface area contributed by atoms with E-state index in [0.717, 1.165) is 11.3 Å². The first-order valence-electron chi connectivity index (χ1n) is 6.04. The van der Waals surface area contributed by atoms with Crippen molar-refractivity contribution in [2.24, 2.45) is 0 Å². The van der Waals surface area contributed by atoms with Crippen LogP contribution in [-0.4, -0.2) is 30.9 Å². The molecule has 0 aromatic heterocycles. The number of hydrogen-bond donors (Lipinski definition) is 2. The summed E-state index contributed by atoms with van der Waals surface area (Å²) in [6.07, 6.45) is 1.21. The molecule has 0 aliphatic rings. The van der Waals surface area contributed by atoms with Crippen LogP contribution in [0.25, 0.3) is 0 Å². The molecule has 1 rings (SSSR count). The molecule has 1 unspecified atom stereocenters. The van der Waals surface area contributed by atoms with Crippen molar-refractivity contribution in [2.45, 2.75) is 25.3 Å². The fourth-order valence-corrected chi connectivity index (χ4v) is 1.81. The zero-order valence-electron chi connectivity index (χ0n) is 10.9. The molecular weight excluding hydrogens is 228 g/mol. The van der Waals surface area contributed by atoms with Gasteiger partial charge in [-0.1, -0.05) is 18.2 Å². The van der Waals surface area contributed by atoms with Crippen molar-refractivity contribution in [1.82, 2.24) is 5.32 Å². The van der Waals surface area contributed by atoms with Crippen LogP contribution in [0.3, 0.4) is 0 Å². The predicted octanol–water partition coefficient (Wildman–Crippen LogP) is 1.49. The number of nitrogens with zero attached hydrogens (tertiary/aromatic N) is 1. The minimum Gasteiger partial charge on any atom is -0.496 e. The van der Waals surface area contributed by atoms with Crippen LogP contribution >= 0.6 is 0 Å². The molecule has 1 aromatic rings. The van der Waals surface area contributed by atoms with Gasteiger partial charge in [0.05, 0.1) is 13.2 Å². The SMILES string of the molecule is COc1ccccc1CC(C)(C#N)NCCCO. The Morgan fingerprint density at radius 3 is 2.78 bits per heavy atom. The quantitative estimate of drug-likeness (QED) is 0.718. The maximum Gasteiger partial charge on any atom is 0.122 e. The number of benzene rings is 1. The topological polar surface area (TPSA) is 65.3 Å². The number of rotatable bonds is 7. The van der Waals surface area contributed by atoms with E-state index in [9.17, 15) is 5.26 Å². The summed E-state index contributed by atoms with van der Waals surface area (Å²) in [6, 6.07) is 9.98. The number of aliphatic hydroxyl groups excluding tert-OH is 1. The number of nitrogens with one attached hydrogen (secondary N) is 1. The Kier molecular flexibility index (Phi) is 5.63. The van der Waals surface area contributed by atoms with Gasteiger partial charge in [0, 0.05) is 13.0 Å². The molecular formula is C14H20N2O2. The van der Waals surface area contributed by atoms with Gasteiger partial charge in [-0.15, -0.1) is 0 Å². The molecule has 1 aromatic carbocycles. The van der Waals surface area contributed by atoms with Crippen molar-refractivity contribution in [2.75, 3.05) is 20.3 Å². The number of nitriles is 1. The smallest absolute Gasteiger partial charge is 0.122 e. The van der Waals surface area contributed by atoms with E-state index in [1.165, 1.54) is 0 Å². The van der Waals surface area contributed by atoms with Crippen LogP contribution in [0.15, 0.2) is 24.3 Å². The number of ether oxygens (including phenoxy) is 1. The fraction of sp³-hybridized carbons (Fsp3) is 0.500. The van der Waals surface area contributed by atoms with E-state index in [1.54, 1.807) is 7.11 Å². The summed E-state index contributed by atoms with van der Waals surface area (Å²) in [6.45, 7) is 2.61. The monoisotopic (exact) mass is 248 g/mol. The van der Waals surface area contributed by atoms with Crippen LogP contribution in [0.4, 0.5) is 0 Å². The summed E-state index contributed by atoms with van der Waals surface area (Å²) in [5, 5.41) is 21.2. The fourth-order valence-electron chi connectivity index (χ4n) is 1.81. The summed E-state index contributed by atoms with van der Waals surface area (Å²) in [7, 11) is 1.63. The lowest BCUT2D eigenvalue weighted by molar-refractivity contribution is 0.279. The number of hydrogen-bond acceptors (Lipinski definition) is 4. The molecule has 0 bridgehead atoms. The zero-order valence-corrected chi connectivity index (χ0v) is 10.9. The number of methoxy groups -OCH3 is 1. The van der Waals surface area contributed by atoms with Crippen molar-refractivity contribution >= 4 is 0 Å². The van der Waals surface area contributed by atoms with E-state index in [2.05, 4.69) is 11.4 Å². The molecule has 0 aliphatic heterocycles. The average molecular weight is 248 g/mol. The summed E-state index contributed by atoms with van der Waals surface area (Å²) < 4.78 is 5.28. The Hall–Kier alpha value is -1.57. The second kappa shape index (κ2) is 7.00. The van der Waals surface area contributed by atoms with Crippen molar-refractivity contribution in [3.63, 3.8) is 0 Å². The molecule has 0 aliphatic carbocycles. The predicted molar refractivity (Wildman–Crippen MR) is 70.4 cm³/mol. The van der Waals surface area contributed by atoms with Crippen molar-refractivity contribution in [3.05, 3.63) is 29.8 Å². The molecule has 0 heterocycles. The summed E-state index contributed by atoms with van der Waals surface area (Å²) >= 11 is 0. The van der Waals surface area contributed by atoms with E-state index in [1.807, 2.05) is 31.2 Å². The van der Waals surface area contributed by atoms with Crippen LogP contribution < -0.4 is 10.1 Å². The molecule has 4 heteroatoms. The Morgan fingerprint density at radius 1 is 1.44 bits per heavy atom. The third-order valence-corrected chi connectivity index (χ3v) is 2.83. The Morgan fingerprint density at radius 2 is 2.17 bits per heavy atom. The Labute approximate surface area is 108 Å². The van der Waals surface area contributed by atoms with Crippen molar-refractivity contribution < 1.29 is 9.84 Å². The molecule has 18 heavy (non-hydrogen) atoms. The van der Waals surface area contributed by atoms with Crippen molar-refractivity contribution in [1.29, 1.82) is 5.26 Å². The lowest BCUT2D eigenvalue weighted by Crippen LogP contribution is -2.43. The van der Waals surface area contributed by atoms with Gasteiger partial charge >= 0.3 is 0 Å². The molecule has 0 spiro atoms. The van der Waals surface area contributed by atoms with Crippen molar-refractivity contribution in [3.8, 4) is 11.8 Å². The van der Waals surface area contributed by atoms with Gasteiger partial charge in [0.2, 0.25) is 0 Å². The Balaban J connectivity index is 2.75. The van der Waals surface area contributed by atoms with E-state index in [-0.39, 0.29) is 6.61 Å². The van der Waals surface area contributed by atoms with Gasteiger partial charge in [-0.3, -0.25) is 5.32 Å². The number of aliphatic hydroxyl groups is 1. The first-order valence-corrected chi connectivity index (χ1v) is 6.04. The highest BCUT2D eigenvalue weighted by molar-refractivity contribution is 5.35. The van der Waals surface area contributed by atoms with Gasteiger partial charge in [-0.05, 0) is 31.5 Å². The minimum absolute atomic E-state index is 0.128. The number of para-hydroxylation sites is 1. The van der Waals surface area contributed by atoms with Gasteiger partial charge in [0.15, 0.2) is 0 Å². The lowest BCUT2D eigenvalue weighted by Gasteiger charge is -2.24. The lowest BCUT2D eigenvalue weighted by atomic mass is 9.93. The summed E-state index contributed by atoms with van der Waals surface area (Å²) in [5.74, 6) is 0.794. The van der Waals surface area contributed by atoms with Crippen LogP contribution in [0.5, 0.6) is 5.75 Å². The summed E-state index contributed by atoms with van der Waals surface area (Å²) in [5.41, 5.74) is 0.352. The van der Waals surface area contributed by atoms with E-state index in [4.69, 9.17) is 9.84 Å².